The van der Waals surface area contributed by atoms with Gasteiger partial charge in [0.2, 0.25) is 0 Å². The smallest absolute Gasteiger partial charge is 0.304 e. The summed E-state index contributed by atoms with van der Waals surface area (Å²) < 4.78 is 24.5. The van der Waals surface area contributed by atoms with E-state index in [-0.39, 0.29) is 10.5 Å². The first-order valence-electron chi connectivity index (χ1n) is 6.41. The van der Waals surface area contributed by atoms with Gasteiger partial charge in [0.1, 0.15) is 0 Å². The number of aliphatic carboxylic acids is 1. The lowest BCUT2D eigenvalue weighted by Crippen LogP contribution is -2.12. The van der Waals surface area contributed by atoms with Crippen LogP contribution in [0.25, 0.3) is 11.3 Å². The number of nitrogens with one attached hydrogen (secondary N) is 1. The molecule has 8 heteroatoms. The fourth-order valence-electron chi connectivity index (χ4n) is 1.93. The number of nitrogens with zero attached hydrogens (tertiary/aromatic N) is 1. The Morgan fingerprint density at radius 1 is 1.27 bits per heavy atom. The zero-order chi connectivity index (χ0) is 16.3. The highest BCUT2D eigenvalue weighted by atomic mass is 32.2. The lowest BCUT2D eigenvalue weighted by Gasteiger charge is -2.09. The van der Waals surface area contributed by atoms with Gasteiger partial charge in [0, 0.05) is 11.6 Å². The van der Waals surface area contributed by atoms with Crippen LogP contribution in [0.15, 0.2) is 40.0 Å². The molecule has 0 saturated carbocycles. The van der Waals surface area contributed by atoms with Crippen molar-refractivity contribution in [3.63, 3.8) is 0 Å². The molecule has 1 aromatic heterocycles. The maximum atomic E-state index is 12.3. The predicted molar refractivity (Wildman–Crippen MR) is 79.3 cm³/mol. The van der Waals surface area contributed by atoms with E-state index in [1.807, 2.05) is 0 Å². The summed E-state index contributed by atoms with van der Waals surface area (Å²) in [7, 11) is -3.71. The summed E-state index contributed by atoms with van der Waals surface area (Å²) in [5.74, 6) is -1.63. The monoisotopic (exact) mass is 322 g/mol. The summed E-state index contributed by atoms with van der Waals surface area (Å²) in [5.41, 5.74) is 1.12. The largest absolute Gasteiger partial charge is 0.481 e. The topological polar surface area (TPSA) is 117 Å². The van der Waals surface area contributed by atoms with E-state index in [2.05, 4.69) is 10.2 Å². The number of aromatic amines is 1. The number of benzene rings is 1. The molecule has 1 aromatic carbocycles. The zero-order valence-corrected chi connectivity index (χ0v) is 12.6. The summed E-state index contributed by atoms with van der Waals surface area (Å²) in [6, 6.07) is 7.52. The molecule has 0 bridgehead atoms. The number of aryl methyl sites for hydroxylation is 1. The van der Waals surface area contributed by atoms with Crippen molar-refractivity contribution >= 4 is 15.8 Å². The fourth-order valence-corrected chi connectivity index (χ4v) is 3.46. The Kier molecular flexibility index (Phi) is 4.41. The number of carboxylic acid groups (broad SMARTS) is 1. The average molecular weight is 322 g/mol. The van der Waals surface area contributed by atoms with E-state index in [0.717, 1.165) is 0 Å². The number of hydrogen-bond donors (Lipinski definition) is 2. The molecule has 2 rings (SSSR count). The van der Waals surface area contributed by atoms with Crippen LogP contribution in [0.4, 0.5) is 0 Å². The predicted octanol–water partition coefficient (Wildman–Crippen LogP) is 0.994. The van der Waals surface area contributed by atoms with Gasteiger partial charge in [0.25, 0.3) is 5.56 Å². The molecular weight excluding hydrogens is 308 g/mol. The molecular formula is C14H14N2O5S. The van der Waals surface area contributed by atoms with Crippen LogP contribution in [-0.4, -0.2) is 35.4 Å². The molecule has 0 aliphatic rings. The molecule has 0 unspecified atom stereocenters. The molecule has 0 atom stereocenters. The SMILES string of the molecule is Cc1ccc(-c2ccc(=O)[nH]n2)cc1S(=O)(=O)CCC(=O)O. The third-order valence-electron chi connectivity index (χ3n) is 3.08. The zero-order valence-electron chi connectivity index (χ0n) is 11.7. The fraction of sp³-hybridized carbons (Fsp3) is 0.214. The molecule has 22 heavy (non-hydrogen) atoms. The van der Waals surface area contributed by atoms with Crippen molar-refractivity contribution < 1.29 is 18.3 Å². The van der Waals surface area contributed by atoms with Crippen LogP contribution in [0.5, 0.6) is 0 Å². The van der Waals surface area contributed by atoms with Gasteiger partial charge >= 0.3 is 5.97 Å². The number of carboxylic acids is 1. The van der Waals surface area contributed by atoms with Gasteiger partial charge in [-0.05, 0) is 24.6 Å². The molecule has 0 saturated heterocycles. The van der Waals surface area contributed by atoms with Crippen LogP contribution >= 0.6 is 0 Å². The normalized spacial score (nSPS) is 11.3. The number of aromatic nitrogens is 2. The maximum Gasteiger partial charge on any atom is 0.304 e. The first-order chi connectivity index (χ1) is 10.3. The van der Waals surface area contributed by atoms with E-state index in [1.54, 1.807) is 19.1 Å². The first-order valence-corrected chi connectivity index (χ1v) is 8.06. The second-order valence-corrected chi connectivity index (χ2v) is 6.83. The van der Waals surface area contributed by atoms with Crippen molar-refractivity contribution in [2.75, 3.05) is 5.75 Å². The lowest BCUT2D eigenvalue weighted by molar-refractivity contribution is -0.136. The van der Waals surface area contributed by atoms with Crippen molar-refractivity contribution in [2.45, 2.75) is 18.2 Å². The number of sulfone groups is 1. The number of carbonyl (C=O) groups is 1. The number of hydrogen-bond acceptors (Lipinski definition) is 5. The molecule has 0 aliphatic carbocycles. The molecule has 2 N–H and O–H groups in total. The summed E-state index contributed by atoms with van der Waals surface area (Å²) in [6.45, 7) is 1.64. The lowest BCUT2D eigenvalue weighted by atomic mass is 10.1. The Morgan fingerprint density at radius 2 is 2.00 bits per heavy atom. The second kappa shape index (κ2) is 6.10. The molecule has 0 fully saturated rings. The van der Waals surface area contributed by atoms with Crippen LogP contribution in [0.3, 0.4) is 0 Å². The Bertz CT molecular complexity index is 851. The van der Waals surface area contributed by atoms with Crippen molar-refractivity contribution in [3.05, 3.63) is 46.2 Å². The number of H-pyrrole nitrogens is 1. The van der Waals surface area contributed by atoms with Gasteiger partial charge < -0.3 is 5.11 Å². The quantitative estimate of drug-likeness (QED) is 0.848. The Balaban J connectivity index is 2.44. The van der Waals surface area contributed by atoms with E-state index in [0.29, 0.717) is 16.8 Å². The minimum atomic E-state index is -3.71. The molecule has 116 valence electrons. The summed E-state index contributed by atoms with van der Waals surface area (Å²) in [5, 5.41) is 14.8. The first kappa shape index (κ1) is 15.9. The van der Waals surface area contributed by atoms with E-state index >= 15 is 0 Å². The van der Waals surface area contributed by atoms with E-state index in [4.69, 9.17) is 5.11 Å². The van der Waals surface area contributed by atoms with Gasteiger partial charge in [-0.2, -0.15) is 5.10 Å². The van der Waals surface area contributed by atoms with Crippen LogP contribution in [-0.2, 0) is 14.6 Å². The van der Waals surface area contributed by atoms with Gasteiger partial charge in [-0.3, -0.25) is 9.59 Å². The standard InChI is InChI=1S/C14H14N2O5S/c1-9-2-3-10(11-4-5-13(17)16-15-11)8-12(9)22(20,21)7-6-14(18)19/h2-5,8H,6-7H2,1H3,(H,16,17)(H,18,19). The van der Waals surface area contributed by atoms with Gasteiger partial charge in [0.05, 0.1) is 22.8 Å². The molecule has 7 nitrogen and oxygen atoms in total. The van der Waals surface area contributed by atoms with Gasteiger partial charge in [0.15, 0.2) is 9.84 Å². The van der Waals surface area contributed by atoms with Crippen LogP contribution in [0, 0.1) is 6.92 Å². The highest BCUT2D eigenvalue weighted by molar-refractivity contribution is 7.91. The van der Waals surface area contributed by atoms with E-state index in [9.17, 15) is 18.0 Å². The van der Waals surface area contributed by atoms with Crippen molar-refractivity contribution in [3.8, 4) is 11.3 Å². The molecule has 1 heterocycles. The second-order valence-electron chi connectivity index (χ2n) is 4.75. The minimum Gasteiger partial charge on any atom is -0.481 e. The molecule has 2 aromatic rings. The van der Waals surface area contributed by atoms with Gasteiger partial charge in [-0.25, -0.2) is 13.5 Å². The Morgan fingerprint density at radius 3 is 2.59 bits per heavy atom. The third-order valence-corrected chi connectivity index (χ3v) is 4.93. The van der Waals surface area contributed by atoms with Gasteiger partial charge in [-0.15, -0.1) is 0 Å². The van der Waals surface area contributed by atoms with Crippen LogP contribution in [0.2, 0.25) is 0 Å². The molecule has 0 radical (unpaired) electrons. The van der Waals surface area contributed by atoms with E-state index < -0.39 is 28.0 Å². The molecule has 0 spiro atoms. The summed E-state index contributed by atoms with van der Waals surface area (Å²) in [6.07, 6.45) is -0.455. The average Bonchev–Trinajstić information content (AvgIpc) is 2.46. The highest BCUT2D eigenvalue weighted by Gasteiger charge is 2.19. The Labute approximate surface area is 126 Å². The van der Waals surface area contributed by atoms with Crippen molar-refractivity contribution in [2.24, 2.45) is 0 Å². The van der Waals surface area contributed by atoms with Gasteiger partial charge in [-0.1, -0.05) is 12.1 Å². The Hall–Kier alpha value is -2.48. The van der Waals surface area contributed by atoms with Crippen LogP contribution in [0.1, 0.15) is 12.0 Å². The molecule has 0 aliphatic heterocycles. The number of rotatable bonds is 5. The maximum absolute atomic E-state index is 12.3. The van der Waals surface area contributed by atoms with Crippen LogP contribution < -0.4 is 5.56 Å². The summed E-state index contributed by atoms with van der Waals surface area (Å²) >= 11 is 0. The summed E-state index contributed by atoms with van der Waals surface area (Å²) in [4.78, 5) is 21.7. The highest BCUT2D eigenvalue weighted by Crippen LogP contribution is 2.24. The molecule has 0 amide bonds. The van der Waals surface area contributed by atoms with E-state index in [1.165, 1.54) is 18.2 Å². The van der Waals surface area contributed by atoms with Crippen molar-refractivity contribution in [1.29, 1.82) is 0 Å². The van der Waals surface area contributed by atoms with Crippen molar-refractivity contribution in [1.82, 2.24) is 10.2 Å². The minimum absolute atomic E-state index is 0.0688. The third kappa shape index (κ3) is 3.59.